The first kappa shape index (κ1) is 23.2. The minimum Gasteiger partial charge on any atom is -0.396 e. The number of aromatic amines is 1. The van der Waals surface area contributed by atoms with E-state index in [4.69, 9.17) is 21.4 Å². The molecule has 6 N–H and O–H groups in total. The van der Waals surface area contributed by atoms with Gasteiger partial charge >= 0.3 is 0 Å². The van der Waals surface area contributed by atoms with Crippen LogP contribution in [-0.4, -0.2) is 57.5 Å². The van der Waals surface area contributed by atoms with Crippen molar-refractivity contribution in [3.8, 4) is 0 Å². The molecule has 1 saturated heterocycles. The highest BCUT2D eigenvalue weighted by Gasteiger charge is 2.32. The summed E-state index contributed by atoms with van der Waals surface area (Å²) >= 11 is 1.50. The van der Waals surface area contributed by atoms with E-state index in [1.807, 2.05) is 40.6 Å². The van der Waals surface area contributed by atoms with Crippen LogP contribution in [0.25, 0.3) is 32.3 Å². The number of fused-ring (bicyclic) bond motifs is 2. The van der Waals surface area contributed by atoms with Crippen LogP contribution in [0.5, 0.6) is 0 Å². The first-order chi connectivity index (χ1) is 16.9. The zero-order valence-electron chi connectivity index (χ0n) is 19.0. The molecule has 0 aliphatic carbocycles. The Bertz CT molecular complexity index is 1450. The van der Waals surface area contributed by atoms with Crippen LogP contribution in [0.3, 0.4) is 0 Å². The van der Waals surface area contributed by atoms with Crippen LogP contribution in [0.1, 0.15) is 30.5 Å². The van der Waals surface area contributed by atoms with Crippen molar-refractivity contribution in [1.29, 1.82) is 0 Å². The quantitative estimate of drug-likeness (QED) is 0.229. The molecule has 35 heavy (non-hydrogen) atoms. The Labute approximate surface area is 205 Å². The van der Waals surface area contributed by atoms with Gasteiger partial charge in [-0.05, 0) is 36.8 Å². The fraction of sp³-hybridized carbons (Fsp3) is 0.280. The largest absolute Gasteiger partial charge is 0.396 e. The molecule has 4 heterocycles. The van der Waals surface area contributed by atoms with Gasteiger partial charge in [0.15, 0.2) is 6.29 Å². The molecular weight excluding hydrogens is 464 g/mol. The molecule has 1 fully saturated rings. The fourth-order valence-corrected chi connectivity index (χ4v) is 5.51. The van der Waals surface area contributed by atoms with Gasteiger partial charge in [0.05, 0.1) is 22.4 Å². The Morgan fingerprint density at radius 3 is 2.69 bits per heavy atom. The first-order valence-electron chi connectivity index (χ1n) is 11.4. The van der Waals surface area contributed by atoms with Crippen LogP contribution in [0.2, 0.25) is 0 Å². The molecule has 0 atom stereocenters. The van der Waals surface area contributed by atoms with Gasteiger partial charge in [-0.1, -0.05) is 18.2 Å². The van der Waals surface area contributed by atoms with E-state index in [1.54, 1.807) is 6.20 Å². The van der Waals surface area contributed by atoms with E-state index < -0.39 is 11.4 Å². The molecule has 3 aromatic heterocycles. The number of aldehydes is 1. The van der Waals surface area contributed by atoms with Crippen molar-refractivity contribution in [1.82, 2.24) is 15.0 Å². The maximum Gasteiger partial charge on any atom is 0.250 e. The number of primary amides is 1. The second-order valence-electron chi connectivity index (χ2n) is 8.85. The van der Waals surface area contributed by atoms with Crippen LogP contribution in [-0.2, 0) is 9.59 Å². The number of aromatic nitrogens is 3. The SMILES string of the molecule is NC(=O)/C(=C(\C=O)c1nc(N2CCC(N)(CCO)CC2)nc2ccccc12)c1c[nH]c2sccc12. The lowest BCUT2D eigenvalue weighted by Crippen LogP contribution is -2.51. The van der Waals surface area contributed by atoms with Crippen LogP contribution >= 0.6 is 11.3 Å². The minimum atomic E-state index is -0.710. The lowest BCUT2D eigenvalue weighted by atomic mass is 9.86. The average molecular weight is 491 g/mol. The van der Waals surface area contributed by atoms with Gasteiger partial charge in [0.1, 0.15) is 4.83 Å². The van der Waals surface area contributed by atoms with Gasteiger partial charge < -0.3 is 26.5 Å². The van der Waals surface area contributed by atoms with E-state index in [0.717, 1.165) is 10.2 Å². The Balaban J connectivity index is 1.67. The molecule has 0 saturated carbocycles. The Morgan fingerprint density at radius 2 is 1.97 bits per heavy atom. The number of allylic oxidation sites excluding steroid dienone is 1. The van der Waals surface area contributed by atoms with Crippen molar-refractivity contribution in [3.05, 3.63) is 53.2 Å². The summed E-state index contributed by atoms with van der Waals surface area (Å²) in [6, 6.07) is 9.28. The number of aliphatic hydroxyl groups is 1. The Kier molecular flexibility index (Phi) is 6.10. The smallest absolute Gasteiger partial charge is 0.250 e. The number of hydrogen-bond donors (Lipinski definition) is 4. The summed E-state index contributed by atoms with van der Waals surface area (Å²) in [5.74, 6) is -0.249. The van der Waals surface area contributed by atoms with Crippen molar-refractivity contribution < 1.29 is 14.7 Å². The number of anilines is 1. The number of thiophene rings is 1. The number of para-hydroxylation sites is 1. The van der Waals surface area contributed by atoms with E-state index in [2.05, 4.69) is 4.98 Å². The molecule has 1 aliphatic rings. The third-order valence-electron chi connectivity index (χ3n) is 6.70. The molecular formula is C25H26N6O3S. The van der Waals surface area contributed by atoms with Crippen LogP contribution in [0, 0.1) is 0 Å². The lowest BCUT2D eigenvalue weighted by Gasteiger charge is -2.39. The van der Waals surface area contributed by atoms with Gasteiger partial charge in [-0.25, -0.2) is 9.97 Å². The van der Waals surface area contributed by atoms with Gasteiger partial charge in [-0.15, -0.1) is 11.3 Å². The number of nitrogens with zero attached hydrogens (tertiary/aromatic N) is 3. The molecule has 1 aliphatic heterocycles. The maximum atomic E-state index is 12.7. The standard InChI is InChI=1S/C25H26N6O3S/c26-22(34)20(17-13-28-23-15(17)5-12-35-23)18(14-33)21-16-3-1-2-4-19(16)29-24(30-21)31-9-6-25(27,7-10-31)8-11-32/h1-5,12-14,28,32H,6-11,27H2,(H2,26,34)/b20-18+. The van der Waals surface area contributed by atoms with Crippen molar-refractivity contribution in [3.63, 3.8) is 0 Å². The highest BCUT2D eigenvalue weighted by atomic mass is 32.1. The number of nitrogens with one attached hydrogen (secondary N) is 1. The van der Waals surface area contributed by atoms with Crippen LogP contribution in [0.15, 0.2) is 41.9 Å². The molecule has 0 unspecified atom stereocenters. The minimum absolute atomic E-state index is 0.0487. The van der Waals surface area contributed by atoms with Crippen LogP contribution in [0.4, 0.5) is 5.95 Å². The number of carbonyl (C=O) groups is 2. The number of carbonyl (C=O) groups excluding carboxylic acids is 2. The Morgan fingerprint density at radius 1 is 1.20 bits per heavy atom. The molecule has 4 aromatic rings. The topological polar surface area (TPSA) is 151 Å². The van der Waals surface area contributed by atoms with E-state index >= 15 is 0 Å². The lowest BCUT2D eigenvalue weighted by molar-refractivity contribution is -0.113. The predicted molar refractivity (Wildman–Crippen MR) is 138 cm³/mol. The third kappa shape index (κ3) is 4.20. The van der Waals surface area contributed by atoms with Gasteiger partial charge in [0.25, 0.3) is 0 Å². The summed E-state index contributed by atoms with van der Waals surface area (Å²) in [6.07, 6.45) is 4.25. The fourth-order valence-electron chi connectivity index (χ4n) is 4.73. The molecule has 1 amide bonds. The van der Waals surface area contributed by atoms with Crippen LogP contribution < -0.4 is 16.4 Å². The maximum absolute atomic E-state index is 12.7. The Hall–Kier alpha value is -3.60. The number of piperidine rings is 1. The number of rotatable bonds is 7. The van der Waals surface area contributed by atoms with Gasteiger partial charge in [-0.3, -0.25) is 9.59 Å². The highest BCUT2D eigenvalue weighted by Crippen LogP contribution is 2.35. The normalized spacial score (nSPS) is 16.5. The van der Waals surface area contributed by atoms with Gasteiger partial charge in [-0.2, -0.15) is 0 Å². The molecule has 0 radical (unpaired) electrons. The van der Waals surface area contributed by atoms with Crippen molar-refractivity contribution in [2.24, 2.45) is 11.5 Å². The zero-order valence-corrected chi connectivity index (χ0v) is 19.8. The molecule has 9 nitrogen and oxygen atoms in total. The third-order valence-corrected chi connectivity index (χ3v) is 7.55. The van der Waals surface area contributed by atoms with Crippen molar-refractivity contribution in [2.75, 3.05) is 24.6 Å². The predicted octanol–water partition coefficient (Wildman–Crippen LogP) is 2.45. The molecule has 0 spiro atoms. The summed E-state index contributed by atoms with van der Waals surface area (Å²) in [7, 11) is 0. The van der Waals surface area contributed by atoms with Crippen molar-refractivity contribution in [2.45, 2.75) is 24.8 Å². The molecule has 180 valence electrons. The molecule has 10 heteroatoms. The number of nitrogens with two attached hydrogens (primary N) is 2. The highest BCUT2D eigenvalue weighted by molar-refractivity contribution is 7.16. The van der Waals surface area contributed by atoms with E-state index in [1.165, 1.54) is 11.3 Å². The molecule has 0 bridgehead atoms. The summed E-state index contributed by atoms with van der Waals surface area (Å²) in [5, 5.41) is 12.7. The second kappa shape index (κ2) is 9.21. The number of H-pyrrole nitrogens is 1. The van der Waals surface area contributed by atoms with Gasteiger partial charge in [0, 0.05) is 47.8 Å². The summed E-state index contributed by atoms with van der Waals surface area (Å²) in [6.45, 7) is 1.28. The summed E-state index contributed by atoms with van der Waals surface area (Å²) in [5.41, 5.74) is 13.7. The number of amides is 1. The van der Waals surface area contributed by atoms with Gasteiger partial charge in [0.2, 0.25) is 11.9 Å². The first-order valence-corrected chi connectivity index (χ1v) is 12.3. The van der Waals surface area contributed by atoms with E-state index in [9.17, 15) is 14.7 Å². The zero-order chi connectivity index (χ0) is 24.6. The molecule has 1 aromatic carbocycles. The number of hydrogen-bond acceptors (Lipinski definition) is 8. The summed E-state index contributed by atoms with van der Waals surface area (Å²) in [4.78, 5) is 40.8. The number of aliphatic hydroxyl groups excluding tert-OH is 1. The average Bonchev–Trinajstić information content (AvgIpc) is 3.47. The summed E-state index contributed by atoms with van der Waals surface area (Å²) < 4.78 is 0. The van der Waals surface area contributed by atoms with Crippen molar-refractivity contribution >= 4 is 61.7 Å². The number of benzene rings is 1. The molecule has 5 rings (SSSR count). The monoisotopic (exact) mass is 490 g/mol. The second-order valence-corrected chi connectivity index (χ2v) is 9.77. The van der Waals surface area contributed by atoms with E-state index in [-0.39, 0.29) is 17.8 Å². The van der Waals surface area contributed by atoms with E-state index in [0.29, 0.717) is 66.7 Å².